The summed E-state index contributed by atoms with van der Waals surface area (Å²) in [5.74, 6) is -0.261. The normalized spacial score (nSPS) is 17.3. The van der Waals surface area contributed by atoms with Gasteiger partial charge >= 0.3 is 5.97 Å². The number of amides is 2. The number of ether oxygens (including phenoxy) is 1. The second-order valence-electron chi connectivity index (χ2n) is 12.1. The summed E-state index contributed by atoms with van der Waals surface area (Å²) in [7, 11) is 1.34. The Balaban J connectivity index is 1.21. The lowest BCUT2D eigenvalue weighted by atomic mass is 9.69. The van der Waals surface area contributed by atoms with E-state index in [0.717, 1.165) is 75.8 Å². The van der Waals surface area contributed by atoms with Crippen LogP contribution in [-0.2, 0) is 9.53 Å². The minimum Gasteiger partial charge on any atom is -0.465 e. The van der Waals surface area contributed by atoms with Crippen LogP contribution in [0.1, 0.15) is 84.3 Å². The third kappa shape index (κ3) is 7.54. The molecule has 5 rings (SSSR count). The van der Waals surface area contributed by atoms with E-state index in [1.807, 2.05) is 42.2 Å². The largest absolute Gasteiger partial charge is 0.465 e. The average Bonchev–Trinajstić information content (AvgIpc) is 3.57. The predicted octanol–water partition coefficient (Wildman–Crippen LogP) is 6.86. The highest BCUT2D eigenvalue weighted by Crippen LogP contribution is 2.43. The number of rotatable bonds is 10. The molecular formula is C35H43N3O5. The molecule has 1 N–H and O–H groups in total. The predicted molar refractivity (Wildman–Crippen MR) is 167 cm³/mol. The first kappa shape index (κ1) is 30.5. The van der Waals surface area contributed by atoms with E-state index in [4.69, 9.17) is 9.15 Å². The Morgan fingerprint density at radius 2 is 1.70 bits per heavy atom. The Labute approximate surface area is 254 Å². The maximum absolute atomic E-state index is 13.5. The van der Waals surface area contributed by atoms with E-state index in [0.29, 0.717) is 23.4 Å². The van der Waals surface area contributed by atoms with Gasteiger partial charge in [-0.3, -0.25) is 9.59 Å². The van der Waals surface area contributed by atoms with Crippen molar-refractivity contribution in [2.45, 2.75) is 70.8 Å². The SMILES string of the molecule is COC(=O)c1ccccc1NC(=O)CC1(CCN2CCC(N(C(=O)c3ccco3)c3ccc(C)cc3)CC2)CCCCC1. The number of aryl methyl sites for hydroxylation is 1. The van der Waals surface area contributed by atoms with E-state index >= 15 is 0 Å². The van der Waals surface area contributed by atoms with Crippen LogP contribution in [0.3, 0.4) is 0 Å². The summed E-state index contributed by atoms with van der Waals surface area (Å²) in [6.07, 6.45) is 10.2. The Bertz CT molecular complexity index is 1370. The maximum Gasteiger partial charge on any atom is 0.339 e. The molecule has 2 heterocycles. The monoisotopic (exact) mass is 585 g/mol. The molecule has 8 heteroatoms. The fourth-order valence-electron chi connectivity index (χ4n) is 6.75. The molecule has 2 fully saturated rings. The number of methoxy groups -OCH3 is 1. The molecule has 2 amide bonds. The number of hydrogen-bond donors (Lipinski definition) is 1. The number of carbonyl (C=O) groups is 3. The summed E-state index contributed by atoms with van der Waals surface area (Å²) in [4.78, 5) is 43.4. The lowest BCUT2D eigenvalue weighted by Gasteiger charge is -2.41. The van der Waals surface area contributed by atoms with Crippen molar-refractivity contribution in [2.24, 2.45) is 5.41 Å². The summed E-state index contributed by atoms with van der Waals surface area (Å²) >= 11 is 0. The van der Waals surface area contributed by atoms with Crippen molar-refractivity contribution in [3.8, 4) is 0 Å². The molecule has 1 aromatic heterocycles. The van der Waals surface area contributed by atoms with Crippen molar-refractivity contribution in [1.82, 2.24) is 4.90 Å². The van der Waals surface area contributed by atoms with Crippen molar-refractivity contribution >= 4 is 29.2 Å². The fourth-order valence-corrected chi connectivity index (χ4v) is 6.75. The molecule has 1 aliphatic carbocycles. The number of benzene rings is 2. The van der Waals surface area contributed by atoms with Crippen molar-refractivity contribution in [1.29, 1.82) is 0 Å². The maximum atomic E-state index is 13.5. The molecule has 3 aromatic rings. The van der Waals surface area contributed by atoms with Crippen LogP contribution in [0.5, 0.6) is 0 Å². The molecule has 0 spiro atoms. The van der Waals surface area contributed by atoms with Gasteiger partial charge in [-0.2, -0.15) is 0 Å². The van der Waals surface area contributed by atoms with Crippen LogP contribution >= 0.6 is 0 Å². The smallest absolute Gasteiger partial charge is 0.339 e. The number of hydrogen-bond acceptors (Lipinski definition) is 6. The van der Waals surface area contributed by atoms with Crippen LogP contribution in [0.15, 0.2) is 71.3 Å². The summed E-state index contributed by atoms with van der Waals surface area (Å²) in [5.41, 5.74) is 2.86. The quantitative estimate of drug-likeness (QED) is 0.262. The zero-order valence-corrected chi connectivity index (χ0v) is 25.3. The molecule has 228 valence electrons. The lowest BCUT2D eigenvalue weighted by Crippen LogP contribution is -2.48. The van der Waals surface area contributed by atoms with Crippen LogP contribution in [0.2, 0.25) is 0 Å². The number of furan rings is 1. The van der Waals surface area contributed by atoms with Crippen LogP contribution in [-0.4, -0.2) is 55.5 Å². The van der Waals surface area contributed by atoms with Gasteiger partial charge in [0.1, 0.15) is 0 Å². The second kappa shape index (κ2) is 14.0. The zero-order valence-electron chi connectivity index (χ0n) is 25.3. The number of esters is 1. The molecule has 2 aromatic carbocycles. The Morgan fingerprint density at radius 3 is 2.37 bits per heavy atom. The van der Waals surface area contributed by atoms with Gasteiger partial charge in [0.2, 0.25) is 5.91 Å². The van der Waals surface area contributed by atoms with Gasteiger partial charge in [-0.25, -0.2) is 4.79 Å². The highest BCUT2D eigenvalue weighted by molar-refractivity contribution is 6.04. The van der Waals surface area contributed by atoms with Gasteiger partial charge in [0, 0.05) is 31.2 Å². The minimum atomic E-state index is -0.460. The first-order valence-corrected chi connectivity index (χ1v) is 15.5. The second-order valence-corrected chi connectivity index (χ2v) is 12.1. The van der Waals surface area contributed by atoms with Gasteiger partial charge in [-0.15, -0.1) is 0 Å². The molecule has 0 bridgehead atoms. The van der Waals surface area contributed by atoms with Crippen molar-refractivity contribution < 1.29 is 23.5 Å². The lowest BCUT2D eigenvalue weighted by molar-refractivity contribution is -0.119. The molecule has 0 radical (unpaired) electrons. The van der Waals surface area contributed by atoms with E-state index in [1.165, 1.54) is 13.5 Å². The average molecular weight is 586 g/mol. The van der Waals surface area contributed by atoms with Crippen LogP contribution < -0.4 is 10.2 Å². The number of nitrogens with zero attached hydrogens (tertiary/aromatic N) is 2. The summed E-state index contributed by atoms with van der Waals surface area (Å²) in [6, 6.07) is 18.7. The Hall–Kier alpha value is -3.91. The van der Waals surface area contributed by atoms with Crippen LogP contribution in [0.4, 0.5) is 11.4 Å². The van der Waals surface area contributed by atoms with Crippen molar-refractivity contribution in [2.75, 3.05) is 37.0 Å². The molecule has 0 unspecified atom stereocenters. The van der Waals surface area contributed by atoms with Gasteiger partial charge in [0.05, 0.1) is 24.6 Å². The molecule has 8 nitrogen and oxygen atoms in total. The van der Waals surface area contributed by atoms with Gasteiger partial charge in [-0.05, 0) is 87.4 Å². The van der Waals surface area contributed by atoms with Gasteiger partial charge < -0.3 is 24.3 Å². The number of anilines is 2. The first-order valence-electron chi connectivity index (χ1n) is 15.5. The van der Waals surface area contributed by atoms with E-state index in [9.17, 15) is 14.4 Å². The number of likely N-dealkylation sites (tertiary alicyclic amines) is 1. The molecule has 1 saturated carbocycles. The van der Waals surface area contributed by atoms with Crippen LogP contribution in [0, 0.1) is 12.3 Å². The molecular weight excluding hydrogens is 542 g/mol. The topological polar surface area (TPSA) is 92.1 Å². The molecule has 1 aliphatic heterocycles. The molecule has 0 atom stereocenters. The first-order chi connectivity index (χ1) is 20.9. The Morgan fingerprint density at radius 1 is 0.977 bits per heavy atom. The number of carbonyl (C=O) groups excluding carboxylic acids is 3. The van der Waals surface area contributed by atoms with E-state index in [-0.39, 0.29) is 23.3 Å². The number of nitrogens with one attached hydrogen (secondary N) is 1. The van der Waals surface area contributed by atoms with Crippen LogP contribution in [0.25, 0.3) is 0 Å². The number of para-hydroxylation sites is 1. The van der Waals surface area contributed by atoms with Crippen molar-refractivity contribution in [3.05, 3.63) is 83.8 Å². The third-order valence-electron chi connectivity index (χ3n) is 9.20. The molecule has 43 heavy (non-hydrogen) atoms. The highest BCUT2D eigenvalue weighted by atomic mass is 16.5. The van der Waals surface area contributed by atoms with E-state index in [2.05, 4.69) is 10.2 Å². The summed E-state index contributed by atoms with van der Waals surface area (Å²) < 4.78 is 10.4. The Kier molecular flexibility index (Phi) is 9.97. The van der Waals surface area contributed by atoms with E-state index in [1.54, 1.807) is 36.6 Å². The highest BCUT2D eigenvalue weighted by Gasteiger charge is 2.36. The van der Waals surface area contributed by atoms with Gasteiger partial charge in [-0.1, -0.05) is 49.1 Å². The summed E-state index contributed by atoms with van der Waals surface area (Å²) in [5, 5.41) is 3.00. The van der Waals surface area contributed by atoms with Gasteiger partial charge in [0.15, 0.2) is 5.76 Å². The zero-order chi connectivity index (χ0) is 30.2. The minimum absolute atomic E-state index is 0.0530. The van der Waals surface area contributed by atoms with Crippen molar-refractivity contribution in [3.63, 3.8) is 0 Å². The third-order valence-corrected chi connectivity index (χ3v) is 9.20. The molecule has 1 saturated heterocycles. The molecule has 2 aliphatic rings. The summed E-state index contributed by atoms with van der Waals surface area (Å²) in [6.45, 7) is 4.76. The van der Waals surface area contributed by atoms with E-state index < -0.39 is 5.97 Å². The number of piperidine rings is 1. The van der Waals surface area contributed by atoms with Gasteiger partial charge in [0.25, 0.3) is 5.91 Å². The fraction of sp³-hybridized carbons (Fsp3) is 0.457. The standard InChI is InChI=1S/C35H43N3O5/c1-26-12-14-27(15-13-26)38(33(40)31-11-8-24-43-31)28-16-21-37(22-17-28)23-20-35(18-6-3-7-19-35)25-32(39)36-30-10-5-4-9-29(30)34(41)42-2/h4-5,8-15,24,28H,3,6-7,16-23,25H2,1-2H3,(H,36,39).